The molecule has 0 aliphatic carbocycles. The number of guanidine groups is 1. The van der Waals surface area contributed by atoms with E-state index in [0.717, 1.165) is 5.56 Å². The molecule has 2 N–H and O–H groups in total. The van der Waals surface area contributed by atoms with Crippen molar-refractivity contribution in [3.8, 4) is 5.75 Å². The van der Waals surface area contributed by atoms with E-state index in [4.69, 9.17) is 0 Å². The molecule has 28 heavy (non-hydrogen) atoms. The Morgan fingerprint density at radius 1 is 1.11 bits per heavy atom. The highest BCUT2D eigenvalue weighted by Gasteiger charge is 2.31. The van der Waals surface area contributed by atoms with Crippen molar-refractivity contribution in [1.82, 2.24) is 10.6 Å². The average Bonchev–Trinajstić information content (AvgIpc) is 2.62. The predicted octanol–water partition coefficient (Wildman–Crippen LogP) is 3.98. The minimum Gasteiger partial charge on any atom is -0.405 e. The molecule has 0 atom stereocenters. The summed E-state index contributed by atoms with van der Waals surface area (Å²) in [5, 5.41) is 16.5. The summed E-state index contributed by atoms with van der Waals surface area (Å²) in [5.74, 6) is 0.0680. The molecule has 0 aliphatic rings. The Hall–Kier alpha value is -2.57. The van der Waals surface area contributed by atoms with Gasteiger partial charge in [-0.1, -0.05) is 30.3 Å². The number of rotatable bonds is 6. The van der Waals surface area contributed by atoms with Gasteiger partial charge in [-0.25, -0.2) is 0 Å². The van der Waals surface area contributed by atoms with Crippen LogP contribution in [-0.2, 0) is 13.1 Å². The zero-order valence-electron chi connectivity index (χ0n) is 14.7. The number of benzene rings is 2. The highest BCUT2D eigenvalue weighted by molar-refractivity contribution is 14.0. The number of ether oxygens (including phenoxy) is 1. The first-order chi connectivity index (χ1) is 12.8. The second kappa shape index (κ2) is 10.7. The topological polar surface area (TPSA) is 88.8 Å². The lowest BCUT2D eigenvalue weighted by atomic mass is 10.2. The fraction of sp³-hybridized carbons (Fsp3) is 0.235. The number of hydrogen-bond donors (Lipinski definition) is 2. The van der Waals surface area contributed by atoms with Crippen LogP contribution in [0.2, 0.25) is 0 Å². The summed E-state index contributed by atoms with van der Waals surface area (Å²) in [4.78, 5) is 14.1. The Kier molecular flexibility index (Phi) is 8.96. The first-order valence-electron chi connectivity index (χ1n) is 7.80. The van der Waals surface area contributed by atoms with E-state index in [1.807, 2.05) is 0 Å². The maximum Gasteiger partial charge on any atom is 0.573 e. The Bertz CT molecular complexity index is 814. The molecule has 152 valence electrons. The number of alkyl halides is 3. The van der Waals surface area contributed by atoms with E-state index >= 15 is 0 Å². The molecule has 0 spiro atoms. The summed E-state index contributed by atoms with van der Waals surface area (Å²) in [6, 6.07) is 11.8. The molecule has 0 fully saturated rings. The van der Waals surface area contributed by atoms with Crippen LogP contribution in [0.1, 0.15) is 11.1 Å². The average molecular weight is 510 g/mol. The summed E-state index contributed by atoms with van der Waals surface area (Å²) < 4.78 is 41.4. The number of halogens is 4. The SMILES string of the molecule is CN=C(NCc1ccc([N+](=O)[O-])cc1)NCc1ccccc1OC(F)(F)F.I. The van der Waals surface area contributed by atoms with Gasteiger partial charge in [-0.15, -0.1) is 37.1 Å². The van der Waals surface area contributed by atoms with Gasteiger partial charge in [-0.05, 0) is 11.6 Å². The van der Waals surface area contributed by atoms with Gasteiger partial charge in [-0.2, -0.15) is 0 Å². The molecular weight excluding hydrogens is 492 g/mol. The van der Waals surface area contributed by atoms with Crippen molar-refractivity contribution in [1.29, 1.82) is 0 Å². The lowest BCUT2D eigenvalue weighted by molar-refractivity contribution is -0.384. The van der Waals surface area contributed by atoms with Crippen molar-refractivity contribution in [2.24, 2.45) is 4.99 Å². The van der Waals surface area contributed by atoms with Crippen LogP contribution in [0.3, 0.4) is 0 Å². The molecule has 2 rings (SSSR count). The number of nitro benzene ring substituents is 1. The molecule has 0 radical (unpaired) electrons. The van der Waals surface area contributed by atoms with Crippen LogP contribution in [0.15, 0.2) is 53.5 Å². The molecule has 0 unspecified atom stereocenters. The van der Waals surface area contributed by atoms with Crippen LogP contribution in [0.5, 0.6) is 5.75 Å². The van der Waals surface area contributed by atoms with Gasteiger partial charge in [0.25, 0.3) is 5.69 Å². The van der Waals surface area contributed by atoms with Crippen LogP contribution in [0.4, 0.5) is 18.9 Å². The first-order valence-corrected chi connectivity index (χ1v) is 7.80. The molecule has 2 aromatic carbocycles. The smallest absolute Gasteiger partial charge is 0.405 e. The molecule has 11 heteroatoms. The zero-order chi connectivity index (χ0) is 19.9. The summed E-state index contributed by atoms with van der Waals surface area (Å²) in [5.41, 5.74) is 1.08. The van der Waals surface area contributed by atoms with E-state index < -0.39 is 11.3 Å². The van der Waals surface area contributed by atoms with Gasteiger partial charge < -0.3 is 15.4 Å². The van der Waals surface area contributed by atoms with Crippen molar-refractivity contribution in [3.05, 3.63) is 69.8 Å². The van der Waals surface area contributed by atoms with Gasteiger partial charge in [0, 0.05) is 37.8 Å². The van der Waals surface area contributed by atoms with Gasteiger partial charge in [-0.3, -0.25) is 15.1 Å². The fourth-order valence-electron chi connectivity index (χ4n) is 2.19. The van der Waals surface area contributed by atoms with Crippen LogP contribution < -0.4 is 15.4 Å². The van der Waals surface area contributed by atoms with Gasteiger partial charge in [0.05, 0.1) is 4.92 Å². The van der Waals surface area contributed by atoms with Gasteiger partial charge in [0.15, 0.2) is 5.96 Å². The third-order valence-electron chi connectivity index (χ3n) is 3.48. The molecular formula is C17H18F3IN4O3. The molecule has 0 aromatic heterocycles. The van der Waals surface area contributed by atoms with Crippen LogP contribution >= 0.6 is 24.0 Å². The Balaban J connectivity index is 0.00000392. The number of nitro groups is 1. The number of hydrogen-bond acceptors (Lipinski definition) is 4. The largest absolute Gasteiger partial charge is 0.573 e. The van der Waals surface area contributed by atoms with Crippen molar-refractivity contribution < 1.29 is 22.8 Å². The normalized spacial score (nSPS) is 11.4. The number of non-ortho nitro benzene ring substituents is 1. The second-order valence-corrected chi connectivity index (χ2v) is 5.36. The van der Waals surface area contributed by atoms with Gasteiger partial charge in [0.2, 0.25) is 0 Å². The fourth-order valence-corrected chi connectivity index (χ4v) is 2.19. The third kappa shape index (κ3) is 7.58. The maximum absolute atomic E-state index is 12.5. The molecule has 2 aromatic rings. The van der Waals surface area contributed by atoms with Gasteiger partial charge in [0.1, 0.15) is 5.75 Å². The van der Waals surface area contributed by atoms with Crippen LogP contribution in [-0.4, -0.2) is 24.3 Å². The van der Waals surface area contributed by atoms with E-state index in [9.17, 15) is 23.3 Å². The monoisotopic (exact) mass is 510 g/mol. The van der Waals surface area contributed by atoms with Crippen molar-refractivity contribution in [3.63, 3.8) is 0 Å². The Labute approximate surface area is 176 Å². The molecule has 0 heterocycles. The molecule has 0 saturated carbocycles. The maximum atomic E-state index is 12.5. The van der Waals surface area contributed by atoms with E-state index in [-0.39, 0.29) is 42.0 Å². The molecule has 0 amide bonds. The second-order valence-electron chi connectivity index (χ2n) is 5.36. The third-order valence-corrected chi connectivity index (χ3v) is 3.48. The van der Waals surface area contributed by atoms with Crippen LogP contribution in [0.25, 0.3) is 0 Å². The summed E-state index contributed by atoms with van der Waals surface area (Å²) >= 11 is 0. The van der Waals surface area contributed by atoms with Gasteiger partial charge >= 0.3 is 6.36 Å². The zero-order valence-corrected chi connectivity index (χ0v) is 17.0. The number of nitrogens with zero attached hydrogens (tertiary/aromatic N) is 2. The predicted molar refractivity (Wildman–Crippen MR) is 109 cm³/mol. The van der Waals surface area contributed by atoms with Crippen molar-refractivity contribution in [2.75, 3.05) is 7.05 Å². The van der Waals surface area contributed by atoms with E-state index in [0.29, 0.717) is 18.1 Å². The first kappa shape index (κ1) is 23.5. The molecule has 0 aliphatic heterocycles. The molecule has 7 nitrogen and oxygen atoms in total. The number of para-hydroxylation sites is 1. The quantitative estimate of drug-likeness (QED) is 0.202. The Morgan fingerprint density at radius 3 is 2.29 bits per heavy atom. The standard InChI is InChI=1S/C17H17F3N4O3.HI/c1-21-16(22-10-12-6-8-14(9-7-12)24(25)26)23-11-13-4-2-3-5-15(13)27-17(18,19)20;/h2-9H,10-11H2,1H3,(H2,21,22,23);1H. The molecule has 0 bridgehead atoms. The lowest BCUT2D eigenvalue weighted by Gasteiger charge is -2.15. The summed E-state index contributed by atoms with van der Waals surface area (Å²) in [7, 11) is 1.52. The minimum absolute atomic E-state index is 0. The van der Waals surface area contributed by atoms with E-state index in [2.05, 4.69) is 20.4 Å². The minimum atomic E-state index is -4.77. The van der Waals surface area contributed by atoms with E-state index in [1.165, 1.54) is 37.4 Å². The Morgan fingerprint density at radius 2 is 1.71 bits per heavy atom. The number of aliphatic imine (C=N–C) groups is 1. The summed E-state index contributed by atoms with van der Waals surface area (Å²) in [6.45, 7) is 0.393. The molecule has 0 saturated heterocycles. The van der Waals surface area contributed by atoms with Crippen molar-refractivity contribution in [2.45, 2.75) is 19.5 Å². The highest BCUT2D eigenvalue weighted by atomic mass is 127. The van der Waals surface area contributed by atoms with Crippen LogP contribution in [0, 0.1) is 10.1 Å². The lowest BCUT2D eigenvalue weighted by Crippen LogP contribution is -2.36. The van der Waals surface area contributed by atoms with E-state index in [1.54, 1.807) is 18.2 Å². The number of nitrogens with one attached hydrogen (secondary N) is 2. The highest BCUT2D eigenvalue weighted by Crippen LogP contribution is 2.26. The van der Waals surface area contributed by atoms with Crippen molar-refractivity contribution >= 4 is 35.6 Å². The summed E-state index contributed by atoms with van der Waals surface area (Å²) in [6.07, 6.45) is -4.77.